The average molecular weight is 286 g/mol. The van der Waals surface area contributed by atoms with Crippen molar-refractivity contribution >= 4 is 11.6 Å². The Morgan fingerprint density at radius 1 is 1.16 bits per heavy atom. The van der Waals surface area contributed by atoms with Gasteiger partial charge in [0, 0.05) is 25.3 Å². The smallest absolute Gasteiger partial charge is 0.171 e. The summed E-state index contributed by atoms with van der Waals surface area (Å²) in [6.45, 7) is 4.25. The lowest BCUT2D eigenvalue weighted by molar-refractivity contribution is -0.121. The van der Waals surface area contributed by atoms with Crippen molar-refractivity contribution < 1.29 is 9.47 Å². The van der Waals surface area contributed by atoms with Crippen molar-refractivity contribution in [3.05, 3.63) is 34.9 Å². The molecule has 19 heavy (non-hydrogen) atoms. The maximum absolute atomic E-state index is 5.93. The summed E-state index contributed by atoms with van der Waals surface area (Å²) in [7, 11) is 3.31. The van der Waals surface area contributed by atoms with Crippen molar-refractivity contribution in [3.63, 3.8) is 0 Å². The molecular weight excluding hydrogens is 262 g/mol. The monoisotopic (exact) mass is 285 g/mol. The molecule has 0 heterocycles. The van der Waals surface area contributed by atoms with Gasteiger partial charge in [-0.3, -0.25) is 0 Å². The van der Waals surface area contributed by atoms with E-state index in [-0.39, 0.29) is 18.4 Å². The highest BCUT2D eigenvalue weighted by Gasteiger charge is 2.20. The Bertz CT molecular complexity index is 352. The molecule has 0 aromatic heterocycles. The van der Waals surface area contributed by atoms with Crippen LogP contribution in [-0.2, 0) is 9.47 Å². The van der Waals surface area contributed by atoms with E-state index in [0.29, 0.717) is 0 Å². The summed E-state index contributed by atoms with van der Waals surface area (Å²) in [5.41, 5.74) is 1.24. The highest BCUT2D eigenvalue weighted by Crippen LogP contribution is 2.22. The molecule has 0 spiro atoms. The van der Waals surface area contributed by atoms with E-state index in [1.807, 2.05) is 12.1 Å². The third-order valence-corrected chi connectivity index (χ3v) is 3.44. The molecule has 4 heteroatoms. The summed E-state index contributed by atoms with van der Waals surface area (Å²) in [4.78, 5) is 0. The van der Waals surface area contributed by atoms with Gasteiger partial charge in [0.15, 0.2) is 6.29 Å². The first-order valence-electron chi connectivity index (χ1n) is 6.69. The van der Waals surface area contributed by atoms with Crippen LogP contribution in [0.2, 0.25) is 5.02 Å². The van der Waals surface area contributed by atoms with Gasteiger partial charge in [-0.1, -0.05) is 37.1 Å². The van der Waals surface area contributed by atoms with Gasteiger partial charge in [0.1, 0.15) is 0 Å². The van der Waals surface area contributed by atoms with Crippen LogP contribution >= 0.6 is 11.6 Å². The molecule has 1 aromatic rings. The van der Waals surface area contributed by atoms with E-state index >= 15 is 0 Å². The van der Waals surface area contributed by atoms with Crippen molar-refractivity contribution in [1.82, 2.24) is 5.32 Å². The van der Waals surface area contributed by atoms with Crippen LogP contribution in [0.4, 0.5) is 0 Å². The fourth-order valence-corrected chi connectivity index (χ4v) is 2.36. The first kappa shape index (κ1) is 16.4. The summed E-state index contributed by atoms with van der Waals surface area (Å²) in [5.74, 6) is 0. The normalized spacial score (nSPS) is 14.6. The molecule has 1 aromatic carbocycles. The van der Waals surface area contributed by atoms with Crippen molar-refractivity contribution in [2.75, 3.05) is 14.2 Å². The minimum absolute atomic E-state index is 0.113. The summed E-state index contributed by atoms with van der Waals surface area (Å²) >= 11 is 5.93. The minimum atomic E-state index is -0.244. The fraction of sp³-hybridized carbons (Fsp3) is 0.600. The van der Waals surface area contributed by atoms with Gasteiger partial charge in [-0.05, 0) is 31.0 Å². The molecular formula is C15H24ClNO2. The molecule has 0 saturated carbocycles. The SMILES string of the molecule is CCCC(NC(C)C(OC)OC)c1ccc(Cl)cc1. The van der Waals surface area contributed by atoms with Crippen LogP contribution in [0.5, 0.6) is 0 Å². The Kier molecular flexibility index (Phi) is 7.39. The summed E-state index contributed by atoms with van der Waals surface area (Å²) in [5, 5.41) is 4.33. The predicted octanol–water partition coefficient (Wildman–Crippen LogP) is 3.78. The number of methoxy groups -OCH3 is 2. The predicted molar refractivity (Wildman–Crippen MR) is 79.5 cm³/mol. The first-order chi connectivity index (χ1) is 9.12. The number of rotatable bonds is 8. The maximum Gasteiger partial charge on any atom is 0.171 e. The molecule has 2 unspecified atom stereocenters. The Morgan fingerprint density at radius 3 is 2.21 bits per heavy atom. The second-order valence-electron chi connectivity index (χ2n) is 4.69. The van der Waals surface area contributed by atoms with Gasteiger partial charge in [0.25, 0.3) is 0 Å². The molecule has 1 N–H and O–H groups in total. The summed E-state index contributed by atoms with van der Waals surface area (Å²) in [6, 6.07) is 8.38. The van der Waals surface area contributed by atoms with E-state index in [1.54, 1.807) is 14.2 Å². The lowest BCUT2D eigenvalue weighted by Gasteiger charge is -2.28. The molecule has 2 atom stereocenters. The van der Waals surface area contributed by atoms with Gasteiger partial charge in [0.2, 0.25) is 0 Å². The summed E-state index contributed by atoms with van der Waals surface area (Å²) in [6.07, 6.45) is 1.93. The zero-order valence-electron chi connectivity index (χ0n) is 12.2. The van der Waals surface area contributed by atoms with Gasteiger partial charge in [-0.15, -0.1) is 0 Å². The van der Waals surface area contributed by atoms with E-state index in [1.165, 1.54) is 5.56 Å². The quantitative estimate of drug-likeness (QED) is 0.738. The van der Waals surface area contributed by atoms with Gasteiger partial charge in [0.05, 0.1) is 6.04 Å². The van der Waals surface area contributed by atoms with Crippen molar-refractivity contribution in [1.29, 1.82) is 0 Å². The van der Waals surface area contributed by atoms with E-state index < -0.39 is 0 Å². The second kappa shape index (κ2) is 8.54. The standard InChI is InChI=1S/C15H24ClNO2/c1-5-6-14(12-7-9-13(16)10-8-12)17-11(2)15(18-3)19-4/h7-11,14-15,17H,5-6H2,1-4H3. The van der Waals surface area contributed by atoms with E-state index in [4.69, 9.17) is 21.1 Å². The van der Waals surface area contributed by atoms with Crippen LogP contribution in [0, 0.1) is 0 Å². The summed E-state index contributed by atoms with van der Waals surface area (Å²) < 4.78 is 10.6. The van der Waals surface area contributed by atoms with Gasteiger partial charge < -0.3 is 14.8 Å². The molecule has 0 saturated heterocycles. The molecule has 0 aliphatic carbocycles. The van der Waals surface area contributed by atoms with Crippen LogP contribution in [-0.4, -0.2) is 26.6 Å². The van der Waals surface area contributed by atoms with Crippen LogP contribution in [0.15, 0.2) is 24.3 Å². The Hall–Kier alpha value is -0.610. The third kappa shape index (κ3) is 5.11. The van der Waals surface area contributed by atoms with Crippen LogP contribution in [0.3, 0.4) is 0 Å². The second-order valence-corrected chi connectivity index (χ2v) is 5.12. The van der Waals surface area contributed by atoms with Crippen LogP contribution in [0.25, 0.3) is 0 Å². The van der Waals surface area contributed by atoms with E-state index in [9.17, 15) is 0 Å². The lowest BCUT2D eigenvalue weighted by atomic mass is 10.0. The molecule has 0 aliphatic heterocycles. The number of benzene rings is 1. The van der Waals surface area contributed by atoms with Gasteiger partial charge in [-0.2, -0.15) is 0 Å². The molecule has 0 bridgehead atoms. The highest BCUT2D eigenvalue weighted by atomic mass is 35.5. The minimum Gasteiger partial charge on any atom is -0.354 e. The highest BCUT2D eigenvalue weighted by molar-refractivity contribution is 6.30. The first-order valence-corrected chi connectivity index (χ1v) is 7.07. The molecule has 108 valence electrons. The van der Waals surface area contributed by atoms with E-state index in [2.05, 4.69) is 31.3 Å². The maximum atomic E-state index is 5.93. The average Bonchev–Trinajstić information content (AvgIpc) is 2.40. The van der Waals surface area contributed by atoms with Gasteiger partial charge in [-0.25, -0.2) is 0 Å². The molecule has 0 amide bonds. The molecule has 3 nitrogen and oxygen atoms in total. The molecule has 0 radical (unpaired) electrons. The largest absolute Gasteiger partial charge is 0.354 e. The van der Waals surface area contributed by atoms with Crippen molar-refractivity contribution in [2.24, 2.45) is 0 Å². The molecule has 1 rings (SSSR count). The number of hydrogen-bond donors (Lipinski definition) is 1. The fourth-order valence-electron chi connectivity index (χ4n) is 2.23. The van der Waals surface area contributed by atoms with Crippen LogP contribution < -0.4 is 5.32 Å². The van der Waals surface area contributed by atoms with Crippen molar-refractivity contribution in [2.45, 2.75) is 45.1 Å². The topological polar surface area (TPSA) is 30.5 Å². The lowest BCUT2D eigenvalue weighted by Crippen LogP contribution is -2.41. The number of halogens is 1. The third-order valence-electron chi connectivity index (χ3n) is 3.19. The number of nitrogens with one attached hydrogen (secondary N) is 1. The van der Waals surface area contributed by atoms with E-state index in [0.717, 1.165) is 17.9 Å². The number of hydrogen-bond acceptors (Lipinski definition) is 3. The zero-order valence-corrected chi connectivity index (χ0v) is 12.9. The Balaban J connectivity index is 2.74. The van der Waals surface area contributed by atoms with Crippen LogP contribution in [0.1, 0.15) is 38.3 Å². The Morgan fingerprint density at radius 2 is 1.74 bits per heavy atom. The zero-order chi connectivity index (χ0) is 14.3. The molecule has 0 fully saturated rings. The molecule has 0 aliphatic rings. The number of ether oxygens (including phenoxy) is 2. The van der Waals surface area contributed by atoms with Crippen molar-refractivity contribution in [3.8, 4) is 0 Å². The van der Waals surface area contributed by atoms with Gasteiger partial charge >= 0.3 is 0 Å². The Labute approximate surface area is 121 Å².